The van der Waals surface area contributed by atoms with E-state index in [1.54, 1.807) is 0 Å². The molecular formula is C15H22O2. The van der Waals surface area contributed by atoms with Crippen molar-refractivity contribution >= 4 is 0 Å². The maximum absolute atomic E-state index is 10.6. The fraction of sp³-hybridized carbons (Fsp3) is 0.600. The molecule has 2 heteroatoms. The van der Waals surface area contributed by atoms with E-state index < -0.39 is 5.60 Å². The van der Waals surface area contributed by atoms with Crippen molar-refractivity contribution in [1.82, 2.24) is 0 Å². The molecule has 0 amide bonds. The fourth-order valence-electron chi connectivity index (χ4n) is 2.64. The molecule has 3 atom stereocenters. The van der Waals surface area contributed by atoms with Gasteiger partial charge in [-0.25, -0.2) is 0 Å². The summed E-state index contributed by atoms with van der Waals surface area (Å²) >= 11 is 0. The van der Waals surface area contributed by atoms with Gasteiger partial charge >= 0.3 is 0 Å². The van der Waals surface area contributed by atoms with Crippen molar-refractivity contribution in [2.24, 2.45) is 5.92 Å². The number of ether oxygens (including phenoxy) is 1. The van der Waals surface area contributed by atoms with Gasteiger partial charge in [0.15, 0.2) is 0 Å². The van der Waals surface area contributed by atoms with E-state index in [0.717, 1.165) is 12.8 Å². The molecule has 0 aromatic heterocycles. The van der Waals surface area contributed by atoms with Gasteiger partial charge in [-0.3, -0.25) is 0 Å². The maximum Gasteiger partial charge on any atom is 0.129 e. The number of hydrogen-bond donors (Lipinski definition) is 1. The third-order valence-electron chi connectivity index (χ3n) is 3.75. The van der Waals surface area contributed by atoms with Crippen LogP contribution >= 0.6 is 0 Å². The van der Waals surface area contributed by atoms with Gasteiger partial charge in [-0.05, 0) is 52.7 Å². The molecule has 1 heterocycles. The molecular weight excluding hydrogens is 212 g/mol. The molecule has 0 spiro atoms. The van der Waals surface area contributed by atoms with Crippen molar-refractivity contribution in [3.63, 3.8) is 0 Å². The van der Waals surface area contributed by atoms with Gasteiger partial charge in [0, 0.05) is 5.92 Å². The monoisotopic (exact) mass is 234 g/mol. The first-order valence-corrected chi connectivity index (χ1v) is 6.33. The van der Waals surface area contributed by atoms with Crippen LogP contribution in [0.4, 0.5) is 0 Å². The molecule has 0 unspecified atom stereocenters. The minimum Gasteiger partial charge on any atom is -0.487 e. The summed E-state index contributed by atoms with van der Waals surface area (Å²) in [6.45, 7) is 8.08. The first-order chi connectivity index (χ1) is 7.91. The molecule has 1 N–H and O–H groups in total. The highest BCUT2D eigenvalue weighted by molar-refractivity contribution is 5.28. The molecule has 0 saturated carbocycles. The van der Waals surface area contributed by atoms with Gasteiger partial charge in [0.05, 0.1) is 0 Å². The molecule has 0 aromatic carbocycles. The summed E-state index contributed by atoms with van der Waals surface area (Å²) in [5.74, 6) is 0.905. The standard InChI is InChI=1S/C15H22O2/c1-10(2)5-8-14-15(4,16)12-7-6-11(3)9-13(12)17-14/h5,8-9,12-13,16H,6-7H2,1-4H3/b14-8-/t12-,13+,15-/m0/s1. The van der Waals surface area contributed by atoms with Crippen molar-refractivity contribution in [2.75, 3.05) is 0 Å². The zero-order chi connectivity index (χ0) is 12.6. The molecule has 1 saturated heterocycles. The van der Waals surface area contributed by atoms with Crippen LogP contribution in [0.1, 0.15) is 40.5 Å². The summed E-state index contributed by atoms with van der Waals surface area (Å²) in [4.78, 5) is 0. The van der Waals surface area contributed by atoms with Gasteiger partial charge in [0.25, 0.3) is 0 Å². The van der Waals surface area contributed by atoms with Gasteiger partial charge in [0.1, 0.15) is 17.5 Å². The summed E-state index contributed by atoms with van der Waals surface area (Å²) < 4.78 is 5.89. The highest BCUT2D eigenvalue weighted by Crippen LogP contribution is 2.45. The zero-order valence-electron chi connectivity index (χ0n) is 11.2. The number of allylic oxidation sites excluding steroid dienone is 4. The summed E-state index contributed by atoms with van der Waals surface area (Å²) in [6.07, 6.45) is 8.19. The quantitative estimate of drug-likeness (QED) is 0.705. The van der Waals surface area contributed by atoms with E-state index in [-0.39, 0.29) is 12.0 Å². The van der Waals surface area contributed by atoms with Gasteiger partial charge < -0.3 is 9.84 Å². The Balaban J connectivity index is 2.29. The fourth-order valence-corrected chi connectivity index (χ4v) is 2.64. The molecule has 0 bridgehead atoms. The van der Waals surface area contributed by atoms with Gasteiger partial charge in [-0.2, -0.15) is 0 Å². The molecule has 17 heavy (non-hydrogen) atoms. The van der Waals surface area contributed by atoms with Gasteiger partial charge in [0.2, 0.25) is 0 Å². The maximum atomic E-state index is 10.6. The van der Waals surface area contributed by atoms with Crippen molar-refractivity contribution in [1.29, 1.82) is 0 Å². The second-order valence-electron chi connectivity index (χ2n) is 5.66. The summed E-state index contributed by atoms with van der Waals surface area (Å²) in [6, 6.07) is 0. The van der Waals surface area contributed by atoms with E-state index in [2.05, 4.69) is 13.0 Å². The number of fused-ring (bicyclic) bond motifs is 1. The average molecular weight is 234 g/mol. The smallest absolute Gasteiger partial charge is 0.129 e. The number of hydrogen-bond acceptors (Lipinski definition) is 2. The lowest BCUT2D eigenvalue weighted by molar-refractivity contribution is 0.0470. The predicted molar refractivity (Wildman–Crippen MR) is 69.5 cm³/mol. The van der Waals surface area contributed by atoms with Crippen LogP contribution in [-0.4, -0.2) is 16.8 Å². The predicted octanol–water partition coefficient (Wildman–Crippen LogP) is 3.34. The third-order valence-corrected chi connectivity index (χ3v) is 3.75. The Morgan fingerprint density at radius 3 is 2.88 bits per heavy atom. The second-order valence-corrected chi connectivity index (χ2v) is 5.66. The van der Waals surface area contributed by atoms with Crippen LogP contribution < -0.4 is 0 Å². The Labute approximate surface area is 104 Å². The summed E-state index contributed by atoms with van der Waals surface area (Å²) in [7, 11) is 0. The molecule has 94 valence electrons. The lowest BCUT2D eigenvalue weighted by Crippen LogP contribution is -2.35. The highest BCUT2D eigenvalue weighted by Gasteiger charge is 2.49. The normalized spacial score (nSPS) is 38.4. The Kier molecular flexibility index (Phi) is 3.17. The molecule has 1 aliphatic heterocycles. The minimum atomic E-state index is -0.826. The minimum absolute atomic E-state index is 0.0514. The first-order valence-electron chi connectivity index (χ1n) is 6.33. The van der Waals surface area contributed by atoms with Crippen molar-refractivity contribution < 1.29 is 9.84 Å². The van der Waals surface area contributed by atoms with Gasteiger partial charge in [-0.15, -0.1) is 0 Å². The van der Waals surface area contributed by atoms with Crippen LogP contribution in [0.5, 0.6) is 0 Å². The van der Waals surface area contributed by atoms with E-state index in [4.69, 9.17) is 4.74 Å². The third kappa shape index (κ3) is 2.32. The molecule has 2 nitrogen and oxygen atoms in total. The Bertz CT molecular complexity index is 395. The van der Waals surface area contributed by atoms with Crippen LogP contribution in [0.15, 0.2) is 35.1 Å². The van der Waals surface area contributed by atoms with E-state index in [1.165, 1.54) is 11.1 Å². The summed E-state index contributed by atoms with van der Waals surface area (Å²) in [5, 5.41) is 10.6. The topological polar surface area (TPSA) is 29.5 Å². The Morgan fingerprint density at radius 2 is 2.24 bits per heavy atom. The van der Waals surface area contributed by atoms with E-state index in [1.807, 2.05) is 32.9 Å². The van der Waals surface area contributed by atoms with Crippen LogP contribution in [-0.2, 0) is 4.74 Å². The Morgan fingerprint density at radius 1 is 1.53 bits per heavy atom. The zero-order valence-corrected chi connectivity index (χ0v) is 11.2. The van der Waals surface area contributed by atoms with Crippen LogP contribution in [0.3, 0.4) is 0 Å². The van der Waals surface area contributed by atoms with E-state index in [0.29, 0.717) is 5.76 Å². The van der Waals surface area contributed by atoms with Crippen LogP contribution in [0, 0.1) is 5.92 Å². The van der Waals surface area contributed by atoms with Crippen molar-refractivity contribution in [3.8, 4) is 0 Å². The molecule has 0 radical (unpaired) electrons. The first kappa shape index (κ1) is 12.4. The number of rotatable bonds is 1. The van der Waals surface area contributed by atoms with Crippen molar-refractivity contribution in [3.05, 3.63) is 35.1 Å². The summed E-state index contributed by atoms with van der Waals surface area (Å²) in [5.41, 5.74) is 1.75. The van der Waals surface area contributed by atoms with Crippen LogP contribution in [0.25, 0.3) is 0 Å². The highest BCUT2D eigenvalue weighted by atomic mass is 16.5. The van der Waals surface area contributed by atoms with Gasteiger partial charge in [-0.1, -0.05) is 17.2 Å². The van der Waals surface area contributed by atoms with E-state index in [9.17, 15) is 5.11 Å². The lowest BCUT2D eigenvalue weighted by atomic mass is 9.78. The largest absolute Gasteiger partial charge is 0.487 e. The lowest BCUT2D eigenvalue weighted by Gasteiger charge is -2.28. The second kappa shape index (κ2) is 4.34. The SMILES string of the molecule is CC(C)=C/C=C1\O[C@@H]2C=C(C)CC[C@@H]2[C@]1(C)O. The molecule has 1 aliphatic carbocycles. The van der Waals surface area contributed by atoms with Crippen molar-refractivity contribution in [2.45, 2.75) is 52.2 Å². The van der Waals surface area contributed by atoms with E-state index >= 15 is 0 Å². The Hall–Kier alpha value is -1.02. The molecule has 2 aliphatic rings. The molecule has 0 aromatic rings. The molecule has 2 rings (SSSR count). The average Bonchev–Trinajstić information content (AvgIpc) is 2.46. The number of aliphatic hydroxyl groups is 1. The molecule has 1 fully saturated rings. The van der Waals surface area contributed by atoms with Crippen LogP contribution in [0.2, 0.25) is 0 Å².